The van der Waals surface area contributed by atoms with E-state index in [1.54, 1.807) is 24.3 Å². The van der Waals surface area contributed by atoms with E-state index in [2.05, 4.69) is 5.32 Å². The highest BCUT2D eigenvalue weighted by Crippen LogP contribution is 2.39. The Morgan fingerprint density at radius 3 is 1.76 bits per heavy atom. The predicted molar refractivity (Wildman–Crippen MR) is 80.5 cm³/mol. The number of nitrogens with one attached hydrogen (secondary N) is 1. The minimum atomic E-state index is -3.65. The molecular weight excluding hydrogens is 286 g/mol. The third-order valence-electron chi connectivity index (χ3n) is 3.87. The zero-order chi connectivity index (χ0) is 14.9. The minimum absolute atomic E-state index is 0.0577. The third kappa shape index (κ3) is 2.14. The fourth-order valence-corrected chi connectivity index (χ4v) is 4.80. The van der Waals surface area contributed by atoms with Crippen molar-refractivity contribution in [3.63, 3.8) is 0 Å². The molecule has 108 valence electrons. The van der Waals surface area contributed by atoms with Crippen molar-refractivity contribution in [2.45, 2.75) is 4.75 Å². The number of amides is 1. The molecule has 0 unspecified atom stereocenters. The lowest BCUT2D eigenvalue weighted by atomic mass is 9.90. The maximum Gasteiger partial charge on any atom is 0.235 e. The molecular formula is C16H15NO3S. The van der Waals surface area contributed by atoms with Gasteiger partial charge in [0.25, 0.3) is 0 Å². The number of rotatable bonds is 2. The average molecular weight is 301 g/mol. The van der Waals surface area contributed by atoms with E-state index in [1.165, 1.54) is 0 Å². The number of sulfone groups is 1. The molecule has 0 aliphatic carbocycles. The van der Waals surface area contributed by atoms with Gasteiger partial charge in [-0.1, -0.05) is 60.7 Å². The van der Waals surface area contributed by atoms with E-state index in [9.17, 15) is 13.2 Å². The summed E-state index contributed by atoms with van der Waals surface area (Å²) in [5, 5.41) is 2.71. The van der Waals surface area contributed by atoms with Gasteiger partial charge >= 0.3 is 0 Å². The molecule has 0 spiro atoms. The summed E-state index contributed by atoms with van der Waals surface area (Å²) >= 11 is 0. The molecule has 2 aromatic rings. The Kier molecular flexibility index (Phi) is 3.29. The SMILES string of the molecule is O=C1CS(=O)(=O)C(c2ccccc2)(c2ccccc2)CN1. The highest BCUT2D eigenvalue weighted by molar-refractivity contribution is 7.93. The third-order valence-corrected chi connectivity index (χ3v) is 6.19. The number of carbonyl (C=O) groups is 1. The molecule has 0 aromatic heterocycles. The van der Waals surface area contributed by atoms with Crippen molar-refractivity contribution in [2.24, 2.45) is 0 Å². The molecule has 1 saturated heterocycles. The first-order valence-electron chi connectivity index (χ1n) is 6.66. The molecule has 4 nitrogen and oxygen atoms in total. The fourth-order valence-electron chi connectivity index (χ4n) is 2.82. The Balaban J connectivity index is 2.29. The number of benzene rings is 2. The molecule has 2 aromatic carbocycles. The summed E-state index contributed by atoms with van der Waals surface area (Å²) in [6.45, 7) is 0.0577. The van der Waals surface area contributed by atoms with E-state index in [4.69, 9.17) is 0 Å². The van der Waals surface area contributed by atoms with Crippen LogP contribution in [0.3, 0.4) is 0 Å². The first-order chi connectivity index (χ1) is 10.1. The first-order valence-corrected chi connectivity index (χ1v) is 8.31. The zero-order valence-electron chi connectivity index (χ0n) is 11.3. The van der Waals surface area contributed by atoms with Gasteiger partial charge in [0.15, 0.2) is 9.84 Å². The Hall–Kier alpha value is -2.14. The zero-order valence-corrected chi connectivity index (χ0v) is 12.1. The van der Waals surface area contributed by atoms with Crippen molar-refractivity contribution in [1.82, 2.24) is 5.32 Å². The first kappa shape index (κ1) is 13.8. The van der Waals surface area contributed by atoms with Gasteiger partial charge in [0.05, 0.1) is 0 Å². The molecule has 1 amide bonds. The smallest absolute Gasteiger partial charge is 0.235 e. The van der Waals surface area contributed by atoms with E-state index in [0.717, 1.165) is 0 Å². The summed E-state index contributed by atoms with van der Waals surface area (Å²) in [4.78, 5) is 11.5. The summed E-state index contributed by atoms with van der Waals surface area (Å²) in [6, 6.07) is 18.1. The molecule has 21 heavy (non-hydrogen) atoms. The van der Waals surface area contributed by atoms with Gasteiger partial charge < -0.3 is 5.32 Å². The van der Waals surface area contributed by atoms with Crippen LogP contribution in [0.2, 0.25) is 0 Å². The molecule has 1 heterocycles. The molecule has 5 heteroatoms. The predicted octanol–water partition coefficient (Wildman–Crippen LogP) is 1.47. The quantitative estimate of drug-likeness (QED) is 0.914. The van der Waals surface area contributed by atoms with E-state index in [-0.39, 0.29) is 6.54 Å². The number of hydrogen-bond donors (Lipinski definition) is 1. The van der Waals surface area contributed by atoms with Crippen LogP contribution in [0.5, 0.6) is 0 Å². The van der Waals surface area contributed by atoms with E-state index < -0.39 is 26.2 Å². The van der Waals surface area contributed by atoms with Crippen LogP contribution in [0.25, 0.3) is 0 Å². The molecule has 1 aliphatic rings. The van der Waals surface area contributed by atoms with Gasteiger partial charge in [-0.3, -0.25) is 4.79 Å². The maximum absolute atomic E-state index is 12.9. The van der Waals surface area contributed by atoms with Gasteiger partial charge in [-0.15, -0.1) is 0 Å². The molecule has 1 N–H and O–H groups in total. The van der Waals surface area contributed by atoms with E-state index in [1.807, 2.05) is 36.4 Å². The van der Waals surface area contributed by atoms with Crippen LogP contribution in [-0.4, -0.2) is 26.6 Å². The molecule has 1 fully saturated rings. The summed E-state index contributed by atoms with van der Waals surface area (Å²) in [7, 11) is -3.65. The lowest BCUT2D eigenvalue weighted by Gasteiger charge is -2.37. The van der Waals surface area contributed by atoms with Crippen molar-refractivity contribution in [1.29, 1.82) is 0 Å². The Labute approximate surface area is 123 Å². The summed E-state index contributed by atoms with van der Waals surface area (Å²) in [6.07, 6.45) is 0. The Bertz CT molecular complexity index is 715. The molecule has 3 rings (SSSR count). The summed E-state index contributed by atoms with van der Waals surface area (Å²) < 4.78 is 24.5. The average Bonchev–Trinajstić information content (AvgIpc) is 2.48. The van der Waals surface area contributed by atoms with Crippen LogP contribution in [0, 0.1) is 0 Å². The van der Waals surface area contributed by atoms with Crippen molar-refractivity contribution in [3.05, 3.63) is 71.8 Å². The highest BCUT2D eigenvalue weighted by Gasteiger charge is 2.50. The second-order valence-electron chi connectivity index (χ2n) is 5.09. The Morgan fingerprint density at radius 1 is 0.857 bits per heavy atom. The normalized spacial score (nSPS) is 19.7. The van der Waals surface area contributed by atoms with Gasteiger partial charge in [0.2, 0.25) is 5.91 Å². The van der Waals surface area contributed by atoms with Crippen LogP contribution in [0.1, 0.15) is 11.1 Å². The van der Waals surface area contributed by atoms with Crippen molar-refractivity contribution < 1.29 is 13.2 Å². The highest BCUT2D eigenvalue weighted by atomic mass is 32.2. The van der Waals surface area contributed by atoms with Crippen LogP contribution in [0.4, 0.5) is 0 Å². The van der Waals surface area contributed by atoms with Crippen molar-refractivity contribution >= 4 is 15.7 Å². The standard InChI is InChI=1S/C16H15NO3S/c18-15-11-21(19,20)16(12-17-15,13-7-3-1-4-8-13)14-9-5-2-6-10-14/h1-10H,11-12H2,(H,17,18). The van der Waals surface area contributed by atoms with Crippen LogP contribution >= 0.6 is 0 Å². The minimum Gasteiger partial charge on any atom is -0.353 e. The van der Waals surface area contributed by atoms with Crippen LogP contribution in [-0.2, 0) is 19.4 Å². The van der Waals surface area contributed by atoms with Crippen molar-refractivity contribution in [2.75, 3.05) is 12.3 Å². The molecule has 0 radical (unpaired) electrons. The maximum atomic E-state index is 12.9. The largest absolute Gasteiger partial charge is 0.353 e. The summed E-state index contributed by atoms with van der Waals surface area (Å²) in [5.74, 6) is -0.936. The van der Waals surface area contributed by atoms with Gasteiger partial charge in [-0.25, -0.2) is 8.42 Å². The number of hydrogen-bond acceptors (Lipinski definition) is 3. The molecule has 0 saturated carbocycles. The van der Waals surface area contributed by atoms with Crippen LogP contribution < -0.4 is 5.32 Å². The van der Waals surface area contributed by atoms with Gasteiger partial charge in [-0.05, 0) is 11.1 Å². The van der Waals surface area contributed by atoms with Gasteiger partial charge in [0.1, 0.15) is 10.5 Å². The summed E-state index contributed by atoms with van der Waals surface area (Å²) in [5.41, 5.74) is 1.35. The second kappa shape index (κ2) is 5.00. The number of carbonyl (C=O) groups excluding carboxylic acids is 1. The van der Waals surface area contributed by atoms with Gasteiger partial charge in [-0.2, -0.15) is 0 Å². The van der Waals surface area contributed by atoms with E-state index in [0.29, 0.717) is 11.1 Å². The second-order valence-corrected chi connectivity index (χ2v) is 7.31. The lowest BCUT2D eigenvalue weighted by Crippen LogP contribution is -2.55. The monoisotopic (exact) mass is 301 g/mol. The lowest BCUT2D eigenvalue weighted by molar-refractivity contribution is -0.119. The Morgan fingerprint density at radius 2 is 1.33 bits per heavy atom. The fraction of sp³-hybridized carbons (Fsp3) is 0.188. The van der Waals surface area contributed by atoms with E-state index >= 15 is 0 Å². The molecule has 0 bridgehead atoms. The topological polar surface area (TPSA) is 63.2 Å². The van der Waals surface area contributed by atoms with Crippen LogP contribution in [0.15, 0.2) is 60.7 Å². The molecule has 0 atom stereocenters. The van der Waals surface area contributed by atoms with Gasteiger partial charge in [0, 0.05) is 6.54 Å². The molecule has 1 aliphatic heterocycles. The van der Waals surface area contributed by atoms with Crippen molar-refractivity contribution in [3.8, 4) is 0 Å².